The molecule has 17 heavy (non-hydrogen) atoms. The van der Waals surface area contributed by atoms with Gasteiger partial charge in [0.25, 0.3) is 0 Å². The zero-order valence-corrected chi connectivity index (χ0v) is 8.85. The minimum atomic E-state index is -0.654. The quantitative estimate of drug-likeness (QED) is 0.734. The molecule has 1 aliphatic heterocycles. The Bertz CT molecular complexity index is 556. The molecule has 2 rings (SSSR count). The van der Waals surface area contributed by atoms with Gasteiger partial charge in [0.2, 0.25) is 5.91 Å². The van der Waals surface area contributed by atoms with Crippen LogP contribution in [0.4, 0.5) is 10.1 Å². The molecule has 1 aromatic carbocycles. The molecule has 1 aliphatic rings. The van der Waals surface area contributed by atoms with E-state index in [1.807, 2.05) is 6.07 Å². The van der Waals surface area contributed by atoms with Crippen LogP contribution in [-0.2, 0) is 4.79 Å². The van der Waals surface area contributed by atoms with Crippen molar-refractivity contribution in [3.8, 4) is 12.1 Å². The minimum absolute atomic E-state index is 0.123. The Kier molecular flexibility index (Phi) is 2.76. The number of anilines is 1. The number of hydrogen-bond acceptors (Lipinski definition) is 3. The molecule has 1 fully saturated rings. The van der Waals surface area contributed by atoms with E-state index in [9.17, 15) is 9.18 Å². The summed E-state index contributed by atoms with van der Waals surface area (Å²) in [5.41, 5.74) is 0.0923. The summed E-state index contributed by atoms with van der Waals surface area (Å²) in [5, 5.41) is 17.6. The molecule has 1 heterocycles. The fourth-order valence-electron chi connectivity index (χ4n) is 1.88. The highest BCUT2D eigenvalue weighted by Crippen LogP contribution is 2.28. The third-order valence-electron chi connectivity index (χ3n) is 2.70. The molecule has 1 atom stereocenters. The van der Waals surface area contributed by atoms with Crippen molar-refractivity contribution in [3.63, 3.8) is 0 Å². The van der Waals surface area contributed by atoms with Crippen molar-refractivity contribution in [2.24, 2.45) is 5.92 Å². The summed E-state index contributed by atoms with van der Waals surface area (Å²) in [6.07, 6.45) is 0.123. The number of benzene rings is 1. The van der Waals surface area contributed by atoms with Crippen LogP contribution in [0.5, 0.6) is 0 Å². The lowest BCUT2D eigenvalue weighted by Gasteiger charge is -2.17. The Morgan fingerprint density at radius 1 is 1.41 bits per heavy atom. The van der Waals surface area contributed by atoms with Crippen LogP contribution in [0, 0.1) is 34.4 Å². The van der Waals surface area contributed by atoms with Gasteiger partial charge in [0.05, 0.1) is 17.7 Å². The SMILES string of the molecule is N#Cc1c(F)cccc1N1CC(C#N)CC1=O. The average molecular weight is 229 g/mol. The van der Waals surface area contributed by atoms with Crippen LogP contribution < -0.4 is 4.90 Å². The van der Waals surface area contributed by atoms with Gasteiger partial charge in [-0.1, -0.05) is 6.07 Å². The van der Waals surface area contributed by atoms with Gasteiger partial charge in [0.15, 0.2) is 0 Å². The maximum Gasteiger partial charge on any atom is 0.228 e. The fourth-order valence-corrected chi connectivity index (χ4v) is 1.88. The first-order chi connectivity index (χ1) is 8.17. The first-order valence-corrected chi connectivity index (χ1v) is 5.06. The predicted octanol–water partition coefficient (Wildman–Crippen LogP) is 1.57. The third kappa shape index (κ3) is 1.83. The highest BCUT2D eigenvalue weighted by molar-refractivity contribution is 5.97. The van der Waals surface area contributed by atoms with Gasteiger partial charge in [-0.3, -0.25) is 4.79 Å². The summed E-state index contributed by atoms with van der Waals surface area (Å²) >= 11 is 0. The Morgan fingerprint density at radius 2 is 2.18 bits per heavy atom. The van der Waals surface area contributed by atoms with Crippen LogP contribution in [0.25, 0.3) is 0 Å². The summed E-state index contributed by atoms with van der Waals surface area (Å²) in [7, 11) is 0. The van der Waals surface area contributed by atoms with Crippen molar-refractivity contribution in [1.29, 1.82) is 10.5 Å². The number of carbonyl (C=O) groups excluding carboxylic acids is 1. The van der Waals surface area contributed by atoms with Crippen molar-refractivity contribution in [2.45, 2.75) is 6.42 Å². The van der Waals surface area contributed by atoms with E-state index in [-0.39, 0.29) is 30.1 Å². The number of nitriles is 2. The van der Waals surface area contributed by atoms with Gasteiger partial charge in [0, 0.05) is 13.0 Å². The van der Waals surface area contributed by atoms with Crippen molar-refractivity contribution in [3.05, 3.63) is 29.6 Å². The largest absolute Gasteiger partial charge is 0.310 e. The van der Waals surface area contributed by atoms with Gasteiger partial charge in [-0.15, -0.1) is 0 Å². The molecular formula is C12H8FN3O. The number of nitrogens with zero attached hydrogens (tertiary/aromatic N) is 3. The summed E-state index contributed by atoms with van der Waals surface area (Å²) in [6.45, 7) is 0.216. The van der Waals surface area contributed by atoms with E-state index in [1.54, 1.807) is 6.07 Å². The fraction of sp³-hybridized carbons (Fsp3) is 0.250. The molecule has 0 spiro atoms. The maximum atomic E-state index is 13.4. The van der Waals surface area contributed by atoms with E-state index in [0.717, 1.165) is 0 Å². The van der Waals surface area contributed by atoms with Crippen LogP contribution >= 0.6 is 0 Å². The van der Waals surface area contributed by atoms with E-state index in [4.69, 9.17) is 10.5 Å². The molecule has 0 aromatic heterocycles. The van der Waals surface area contributed by atoms with E-state index in [0.29, 0.717) is 0 Å². The number of amides is 1. The van der Waals surface area contributed by atoms with Crippen LogP contribution in [0.2, 0.25) is 0 Å². The first-order valence-electron chi connectivity index (χ1n) is 5.06. The highest BCUT2D eigenvalue weighted by atomic mass is 19.1. The maximum absolute atomic E-state index is 13.4. The normalized spacial score (nSPS) is 18.9. The summed E-state index contributed by atoms with van der Waals surface area (Å²) < 4.78 is 13.4. The second-order valence-electron chi connectivity index (χ2n) is 3.78. The first kappa shape index (κ1) is 11.1. The van der Waals surface area contributed by atoms with Crippen molar-refractivity contribution >= 4 is 11.6 Å². The standard InChI is InChI=1S/C12H8FN3O/c13-10-2-1-3-11(9(10)6-15)16-7-8(5-14)4-12(16)17/h1-3,8H,4,7H2. The third-order valence-corrected chi connectivity index (χ3v) is 2.70. The topological polar surface area (TPSA) is 67.9 Å². The predicted molar refractivity (Wildman–Crippen MR) is 57.2 cm³/mol. The van der Waals surface area contributed by atoms with Crippen LogP contribution in [0.3, 0.4) is 0 Å². The van der Waals surface area contributed by atoms with Gasteiger partial charge in [-0.2, -0.15) is 10.5 Å². The monoisotopic (exact) mass is 229 g/mol. The summed E-state index contributed by atoms with van der Waals surface area (Å²) in [6, 6.07) is 7.88. The van der Waals surface area contributed by atoms with Crippen molar-refractivity contribution in [2.75, 3.05) is 11.4 Å². The van der Waals surface area contributed by atoms with Gasteiger partial charge in [-0.05, 0) is 12.1 Å². The van der Waals surface area contributed by atoms with Gasteiger partial charge < -0.3 is 4.90 Å². The van der Waals surface area contributed by atoms with Gasteiger partial charge in [0.1, 0.15) is 17.4 Å². The summed E-state index contributed by atoms with van der Waals surface area (Å²) in [5.74, 6) is -1.30. The van der Waals surface area contributed by atoms with E-state index in [2.05, 4.69) is 0 Å². The van der Waals surface area contributed by atoms with Crippen LogP contribution in [-0.4, -0.2) is 12.5 Å². The highest BCUT2D eigenvalue weighted by Gasteiger charge is 2.32. The molecule has 5 heteroatoms. The molecule has 0 aliphatic carbocycles. The Labute approximate surface area is 97.5 Å². The Morgan fingerprint density at radius 3 is 2.76 bits per heavy atom. The molecule has 0 bridgehead atoms. The molecular weight excluding hydrogens is 221 g/mol. The second kappa shape index (κ2) is 4.23. The number of rotatable bonds is 1. The molecule has 1 amide bonds. The van der Waals surface area contributed by atoms with Crippen molar-refractivity contribution < 1.29 is 9.18 Å². The minimum Gasteiger partial charge on any atom is -0.310 e. The smallest absolute Gasteiger partial charge is 0.228 e. The lowest BCUT2D eigenvalue weighted by atomic mass is 10.1. The van der Waals surface area contributed by atoms with Gasteiger partial charge in [-0.25, -0.2) is 4.39 Å². The lowest BCUT2D eigenvalue weighted by Crippen LogP contribution is -2.25. The van der Waals surface area contributed by atoms with Gasteiger partial charge >= 0.3 is 0 Å². The molecule has 1 unspecified atom stereocenters. The van der Waals surface area contributed by atoms with Crippen LogP contribution in [0.15, 0.2) is 18.2 Å². The molecule has 0 N–H and O–H groups in total. The zero-order chi connectivity index (χ0) is 12.4. The van der Waals surface area contributed by atoms with Crippen LogP contribution in [0.1, 0.15) is 12.0 Å². The molecule has 1 aromatic rings. The van der Waals surface area contributed by atoms with E-state index < -0.39 is 11.7 Å². The lowest BCUT2D eigenvalue weighted by molar-refractivity contribution is -0.117. The Balaban J connectivity index is 2.43. The average Bonchev–Trinajstić information content (AvgIpc) is 2.70. The Hall–Kier alpha value is -2.40. The molecule has 4 nitrogen and oxygen atoms in total. The number of hydrogen-bond donors (Lipinski definition) is 0. The second-order valence-corrected chi connectivity index (χ2v) is 3.78. The van der Waals surface area contributed by atoms with E-state index in [1.165, 1.54) is 23.1 Å². The number of carbonyl (C=O) groups is 1. The molecule has 0 radical (unpaired) electrons. The van der Waals surface area contributed by atoms with E-state index >= 15 is 0 Å². The zero-order valence-electron chi connectivity index (χ0n) is 8.85. The molecule has 84 valence electrons. The molecule has 1 saturated heterocycles. The molecule has 0 saturated carbocycles. The summed E-state index contributed by atoms with van der Waals surface area (Å²) in [4.78, 5) is 13.0. The van der Waals surface area contributed by atoms with Crippen molar-refractivity contribution in [1.82, 2.24) is 0 Å². The number of halogens is 1.